The molecular formula is C10H17N5O4. The van der Waals surface area contributed by atoms with Crippen LogP contribution in [0.25, 0.3) is 0 Å². The van der Waals surface area contributed by atoms with E-state index in [1.165, 1.54) is 6.33 Å². The number of nitrogens with zero attached hydrogens (tertiary/aromatic N) is 3. The summed E-state index contributed by atoms with van der Waals surface area (Å²) in [5.74, 6) is -0.653. The second kappa shape index (κ2) is 6.69. The van der Waals surface area contributed by atoms with E-state index in [9.17, 15) is 9.59 Å². The molecule has 2 amide bonds. The second-order valence-corrected chi connectivity index (χ2v) is 4.04. The Balaban J connectivity index is 2.55. The third kappa shape index (κ3) is 4.21. The Hall–Kier alpha value is -2.16. The molecule has 0 fully saturated rings. The lowest BCUT2D eigenvalue weighted by Crippen LogP contribution is -2.47. The maximum atomic E-state index is 11.6. The number of carboxylic acids is 1. The minimum Gasteiger partial charge on any atom is -0.480 e. The van der Waals surface area contributed by atoms with Crippen LogP contribution in [0.3, 0.4) is 0 Å². The number of aliphatic hydroxyl groups excluding tert-OH is 1. The van der Waals surface area contributed by atoms with Crippen molar-refractivity contribution in [2.45, 2.75) is 25.4 Å². The van der Waals surface area contributed by atoms with Crippen LogP contribution in [0.1, 0.15) is 25.2 Å². The van der Waals surface area contributed by atoms with Gasteiger partial charge >= 0.3 is 12.0 Å². The van der Waals surface area contributed by atoms with Gasteiger partial charge in [0, 0.05) is 20.1 Å². The number of carboxylic acid groups (broad SMARTS) is 1. The number of aryl methyl sites for hydroxylation is 1. The number of amides is 2. The third-order valence-electron chi connectivity index (χ3n) is 2.50. The van der Waals surface area contributed by atoms with E-state index >= 15 is 0 Å². The van der Waals surface area contributed by atoms with Crippen molar-refractivity contribution in [3.63, 3.8) is 0 Å². The highest BCUT2D eigenvalue weighted by atomic mass is 16.4. The van der Waals surface area contributed by atoms with Crippen molar-refractivity contribution in [1.29, 1.82) is 0 Å². The molecular weight excluding hydrogens is 254 g/mol. The van der Waals surface area contributed by atoms with Crippen LogP contribution < -0.4 is 10.6 Å². The minimum absolute atomic E-state index is 0.0545. The molecule has 1 heterocycles. The summed E-state index contributed by atoms with van der Waals surface area (Å²) in [6, 6.07) is -2.19. The summed E-state index contributed by atoms with van der Waals surface area (Å²) in [6.45, 7) is 1.38. The summed E-state index contributed by atoms with van der Waals surface area (Å²) < 4.78 is 1.65. The zero-order chi connectivity index (χ0) is 14.4. The maximum Gasteiger partial charge on any atom is 0.326 e. The molecule has 2 atom stereocenters. The van der Waals surface area contributed by atoms with E-state index in [1.807, 2.05) is 0 Å². The maximum absolute atomic E-state index is 11.6. The van der Waals surface area contributed by atoms with Gasteiger partial charge in [-0.3, -0.25) is 0 Å². The number of aliphatic hydroxyl groups is 1. The summed E-state index contributed by atoms with van der Waals surface area (Å²) >= 11 is 0. The molecule has 0 bridgehead atoms. The molecule has 2 unspecified atom stereocenters. The Bertz CT molecular complexity index is 447. The predicted molar refractivity (Wildman–Crippen MR) is 64.2 cm³/mol. The van der Waals surface area contributed by atoms with E-state index in [2.05, 4.69) is 20.8 Å². The van der Waals surface area contributed by atoms with Gasteiger partial charge in [0.15, 0.2) is 5.82 Å². The minimum atomic E-state index is -1.20. The molecule has 0 aliphatic carbocycles. The molecule has 0 radical (unpaired) electrons. The SMILES string of the molecule is CC(NC(=O)NC(CCO)C(=O)O)c1nncn1C. The number of hydrogen-bond donors (Lipinski definition) is 4. The van der Waals surface area contributed by atoms with Crippen LogP contribution >= 0.6 is 0 Å². The first kappa shape index (κ1) is 14.9. The summed E-state index contributed by atoms with van der Waals surface area (Å²) in [6.07, 6.45) is 1.44. The van der Waals surface area contributed by atoms with Crippen molar-refractivity contribution >= 4 is 12.0 Å². The van der Waals surface area contributed by atoms with Gasteiger partial charge in [0.25, 0.3) is 0 Å². The molecule has 0 spiro atoms. The number of urea groups is 1. The number of hydrogen-bond acceptors (Lipinski definition) is 5. The quantitative estimate of drug-likeness (QED) is 0.525. The zero-order valence-electron chi connectivity index (χ0n) is 10.7. The lowest BCUT2D eigenvalue weighted by atomic mass is 10.2. The first-order chi connectivity index (χ1) is 8.95. The van der Waals surface area contributed by atoms with Gasteiger partial charge in [0.1, 0.15) is 12.4 Å². The molecule has 1 rings (SSSR count). The van der Waals surface area contributed by atoms with Crippen LogP contribution in [0.15, 0.2) is 6.33 Å². The average molecular weight is 271 g/mol. The van der Waals surface area contributed by atoms with E-state index in [0.717, 1.165) is 0 Å². The Morgan fingerprint density at radius 3 is 2.63 bits per heavy atom. The number of carbonyl (C=O) groups is 2. The number of nitrogens with one attached hydrogen (secondary N) is 2. The fourth-order valence-electron chi connectivity index (χ4n) is 1.53. The first-order valence-electron chi connectivity index (χ1n) is 5.70. The molecule has 0 aromatic carbocycles. The summed E-state index contributed by atoms with van der Waals surface area (Å²) in [4.78, 5) is 22.4. The highest BCUT2D eigenvalue weighted by Gasteiger charge is 2.21. The van der Waals surface area contributed by atoms with Crippen LogP contribution in [-0.4, -0.2) is 49.6 Å². The molecule has 1 aromatic heterocycles. The van der Waals surface area contributed by atoms with E-state index in [0.29, 0.717) is 5.82 Å². The Morgan fingerprint density at radius 1 is 1.47 bits per heavy atom. The lowest BCUT2D eigenvalue weighted by Gasteiger charge is -2.17. The van der Waals surface area contributed by atoms with E-state index in [4.69, 9.17) is 10.2 Å². The van der Waals surface area contributed by atoms with Crippen LogP contribution in [-0.2, 0) is 11.8 Å². The van der Waals surface area contributed by atoms with Gasteiger partial charge in [-0.15, -0.1) is 10.2 Å². The molecule has 0 saturated carbocycles. The monoisotopic (exact) mass is 271 g/mol. The number of aromatic nitrogens is 3. The fraction of sp³-hybridized carbons (Fsp3) is 0.600. The third-order valence-corrected chi connectivity index (χ3v) is 2.50. The van der Waals surface area contributed by atoms with Crippen molar-refractivity contribution in [3.05, 3.63) is 12.2 Å². The van der Waals surface area contributed by atoms with Gasteiger partial charge in [-0.05, 0) is 6.92 Å². The van der Waals surface area contributed by atoms with Crippen LogP contribution in [0.2, 0.25) is 0 Å². The molecule has 0 saturated heterocycles. The smallest absolute Gasteiger partial charge is 0.326 e. The van der Waals surface area contributed by atoms with Gasteiger partial charge in [-0.1, -0.05) is 0 Å². The van der Waals surface area contributed by atoms with Crippen LogP contribution in [0.4, 0.5) is 4.79 Å². The predicted octanol–water partition coefficient (Wildman–Crippen LogP) is -0.989. The molecule has 19 heavy (non-hydrogen) atoms. The van der Waals surface area contributed by atoms with Gasteiger partial charge in [-0.25, -0.2) is 9.59 Å². The Labute approximate surface area is 109 Å². The van der Waals surface area contributed by atoms with Crippen molar-refractivity contribution < 1.29 is 19.8 Å². The van der Waals surface area contributed by atoms with Crippen LogP contribution in [0.5, 0.6) is 0 Å². The Morgan fingerprint density at radius 2 is 2.16 bits per heavy atom. The van der Waals surface area contributed by atoms with Gasteiger partial charge in [0.05, 0.1) is 6.04 Å². The van der Waals surface area contributed by atoms with E-state index in [-0.39, 0.29) is 13.0 Å². The van der Waals surface area contributed by atoms with Crippen molar-refractivity contribution in [1.82, 2.24) is 25.4 Å². The number of rotatable bonds is 6. The largest absolute Gasteiger partial charge is 0.480 e. The number of aliphatic carboxylic acids is 1. The van der Waals surface area contributed by atoms with Crippen molar-refractivity contribution in [2.75, 3.05) is 6.61 Å². The summed E-state index contributed by atoms with van der Waals surface area (Å²) in [5.41, 5.74) is 0. The standard InChI is InChI=1S/C10H17N5O4/c1-6(8-14-11-5-15(8)2)12-10(19)13-7(3-4-16)9(17)18/h5-7,16H,3-4H2,1-2H3,(H,17,18)(H2,12,13,19). The second-order valence-electron chi connectivity index (χ2n) is 4.04. The zero-order valence-corrected chi connectivity index (χ0v) is 10.7. The highest BCUT2D eigenvalue weighted by Crippen LogP contribution is 2.06. The fourth-order valence-corrected chi connectivity index (χ4v) is 1.53. The Kier molecular flexibility index (Phi) is 5.24. The molecule has 106 valence electrons. The number of carbonyl (C=O) groups excluding carboxylic acids is 1. The first-order valence-corrected chi connectivity index (χ1v) is 5.70. The molecule has 4 N–H and O–H groups in total. The van der Waals surface area contributed by atoms with Gasteiger partial charge in [0.2, 0.25) is 0 Å². The topological polar surface area (TPSA) is 129 Å². The van der Waals surface area contributed by atoms with Crippen molar-refractivity contribution in [3.8, 4) is 0 Å². The molecule has 9 nitrogen and oxygen atoms in total. The molecule has 0 aliphatic heterocycles. The average Bonchev–Trinajstić information content (AvgIpc) is 2.74. The summed E-state index contributed by atoms with van der Waals surface area (Å²) in [5, 5.41) is 29.9. The van der Waals surface area contributed by atoms with E-state index in [1.54, 1.807) is 18.5 Å². The van der Waals surface area contributed by atoms with Crippen molar-refractivity contribution in [2.24, 2.45) is 7.05 Å². The normalized spacial score (nSPS) is 13.6. The molecule has 0 aliphatic rings. The van der Waals surface area contributed by atoms with Crippen LogP contribution in [0, 0.1) is 0 Å². The lowest BCUT2D eigenvalue weighted by molar-refractivity contribution is -0.139. The molecule has 1 aromatic rings. The van der Waals surface area contributed by atoms with Gasteiger partial charge in [-0.2, -0.15) is 0 Å². The highest BCUT2D eigenvalue weighted by molar-refractivity contribution is 5.82. The van der Waals surface area contributed by atoms with E-state index < -0.39 is 24.1 Å². The summed E-state index contributed by atoms with van der Waals surface area (Å²) in [7, 11) is 1.73. The molecule has 9 heteroatoms. The van der Waals surface area contributed by atoms with Gasteiger partial charge < -0.3 is 25.4 Å².